The molecule has 1 aromatic heterocycles. The molecule has 144 valence electrons. The van der Waals surface area contributed by atoms with Crippen LogP contribution in [0.1, 0.15) is 24.5 Å². The standard InChI is InChI=1S/C20H30N4O.HI/c1-4-21-20(24(3)13-16-9-11-25-14-16)22-10-8-17-12-23-18-7-5-6-15(2)19(17)18;/h5-7,12,16,23H,4,8-11,13-14H2,1-3H3,(H,21,22);1H. The average Bonchev–Trinajstić information content (AvgIpc) is 3.24. The van der Waals surface area contributed by atoms with Crippen LogP contribution in [0.3, 0.4) is 0 Å². The van der Waals surface area contributed by atoms with Crippen LogP contribution in [0.25, 0.3) is 10.9 Å². The Labute approximate surface area is 173 Å². The average molecular weight is 470 g/mol. The lowest BCUT2D eigenvalue weighted by Crippen LogP contribution is -2.41. The SMILES string of the molecule is CCNC(=NCCc1c[nH]c2cccc(C)c12)N(C)CC1CCOC1.I. The van der Waals surface area contributed by atoms with Crippen molar-refractivity contribution >= 4 is 40.8 Å². The number of nitrogens with zero attached hydrogens (tertiary/aromatic N) is 2. The summed E-state index contributed by atoms with van der Waals surface area (Å²) in [6, 6.07) is 6.40. The summed E-state index contributed by atoms with van der Waals surface area (Å²) in [6.45, 7) is 8.73. The summed E-state index contributed by atoms with van der Waals surface area (Å²) in [7, 11) is 2.12. The zero-order valence-corrected chi connectivity index (χ0v) is 18.4. The predicted molar refractivity (Wildman–Crippen MR) is 120 cm³/mol. The second-order valence-electron chi connectivity index (χ2n) is 6.91. The molecular formula is C20H31IN4O. The van der Waals surface area contributed by atoms with E-state index in [1.807, 2.05) is 0 Å². The van der Waals surface area contributed by atoms with Gasteiger partial charge in [0.2, 0.25) is 0 Å². The van der Waals surface area contributed by atoms with Crippen LogP contribution in [0.2, 0.25) is 0 Å². The van der Waals surface area contributed by atoms with E-state index in [9.17, 15) is 0 Å². The number of nitrogens with one attached hydrogen (secondary N) is 2. The number of halogens is 1. The number of guanidine groups is 1. The first-order chi connectivity index (χ1) is 12.2. The van der Waals surface area contributed by atoms with Gasteiger partial charge in [0, 0.05) is 56.3 Å². The first kappa shape index (κ1) is 21.0. The summed E-state index contributed by atoms with van der Waals surface area (Å²) in [6.07, 6.45) is 4.22. The van der Waals surface area contributed by atoms with Crippen LogP contribution in [-0.2, 0) is 11.2 Å². The Hall–Kier alpha value is -1.28. The molecule has 0 bridgehead atoms. The molecule has 1 aromatic carbocycles. The molecule has 0 amide bonds. The van der Waals surface area contributed by atoms with E-state index in [4.69, 9.17) is 9.73 Å². The summed E-state index contributed by atoms with van der Waals surface area (Å²) in [4.78, 5) is 10.5. The highest BCUT2D eigenvalue weighted by atomic mass is 127. The highest BCUT2D eigenvalue weighted by Crippen LogP contribution is 2.22. The van der Waals surface area contributed by atoms with Crippen LogP contribution in [0.5, 0.6) is 0 Å². The minimum Gasteiger partial charge on any atom is -0.381 e. The van der Waals surface area contributed by atoms with Gasteiger partial charge < -0.3 is 19.9 Å². The van der Waals surface area contributed by atoms with Gasteiger partial charge in [0.1, 0.15) is 0 Å². The maximum absolute atomic E-state index is 5.49. The third-order valence-electron chi connectivity index (χ3n) is 4.89. The quantitative estimate of drug-likeness (QED) is 0.386. The molecule has 26 heavy (non-hydrogen) atoms. The molecule has 2 N–H and O–H groups in total. The second-order valence-corrected chi connectivity index (χ2v) is 6.91. The van der Waals surface area contributed by atoms with Crippen molar-refractivity contribution < 1.29 is 4.74 Å². The molecule has 3 rings (SSSR count). The van der Waals surface area contributed by atoms with Crippen molar-refractivity contribution in [3.8, 4) is 0 Å². The highest BCUT2D eigenvalue weighted by Gasteiger charge is 2.19. The highest BCUT2D eigenvalue weighted by molar-refractivity contribution is 14.0. The Morgan fingerprint density at radius 2 is 2.27 bits per heavy atom. The summed E-state index contributed by atoms with van der Waals surface area (Å²) >= 11 is 0. The fraction of sp³-hybridized carbons (Fsp3) is 0.550. The van der Waals surface area contributed by atoms with Crippen molar-refractivity contribution in [2.24, 2.45) is 10.9 Å². The maximum atomic E-state index is 5.49. The monoisotopic (exact) mass is 470 g/mol. The van der Waals surface area contributed by atoms with Gasteiger partial charge in [-0.2, -0.15) is 0 Å². The van der Waals surface area contributed by atoms with Crippen LogP contribution >= 0.6 is 24.0 Å². The number of hydrogen-bond acceptors (Lipinski definition) is 2. The van der Waals surface area contributed by atoms with Crippen molar-refractivity contribution in [2.75, 3.05) is 39.9 Å². The minimum atomic E-state index is 0. The largest absolute Gasteiger partial charge is 0.381 e. The van der Waals surface area contributed by atoms with Gasteiger partial charge in [-0.05, 0) is 43.9 Å². The predicted octanol–water partition coefficient (Wildman–Crippen LogP) is 3.57. The van der Waals surface area contributed by atoms with Gasteiger partial charge in [0.15, 0.2) is 5.96 Å². The van der Waals surface area contributed by atoms with Crippen molar-refractivity contribution in [2.45, 2.75) is 26.7 Å². The fourth-order valence-electron chi connectivity index (χ4n) is 3.60. The first-order valence-electron chi connectivity index (χ1n) is 9.31. The van der Waals surface area contributed by atoms with E-state index >= 15 is 0 Å². The number of aryl methyl sites for hydroxylation is 1. The summed E-state index contributed by atoms with van der Waals surface area (Å²) in [5.74, 6) is 1.61. The molecule has 1 atom stereocenters. The molecule has 1 aliphatic rings. The topological polar surface area (TPSA) is 52.7 Å². The molecule has 6 heteroatoms. The zero-order chi connectivity index (χ0) is 17.6. The van der Waals surface area contributed by atoms with E-state index in [2.05, 4.69) is 60.5 Å². The molecule has 2 aromatic rings. The van der Waals surface area contributed by atoms with Gasteiger partial charge in [-0.15, -0.1) is 24.0 Å². The van der Waals surface area contributed by atoms with Crippen molar-refractivity contribution in [3.63, 3.8) is 0 Å². The molecule has 1 saturated heterocycles. The third-order valence-corrected chi connectivity index (χ3v) is 4.89. The number of aromatic amines is 1. The van der Waals surface area contributed by atoms with Crippen LogP contribution in [0, 0.1) is 12.8 Å². The fourth-order valence-corrected chi connectivity index (χ4v) is 3.60. The molecule has 1 fully saturated rings. The summed E-state index contributed by atoms with van der Waals surface area (Å²) in [5, 5.41) is 4.76. The van der Waals surface area contributed by atoms with Crippen LogP contribution < -0.4 is 5.32 Å². The molecule has 0 saturated carbocycles. The number of hydrogen-bond donors (Lipinski definition) is 2. The van der Waals surface area contributed by atoms with Gasteiger partial charge >= 0.3 is 0 Å². The van der Waals surface area contributed by atoms with Gasteiger partial charge in [-0.1, -0.05) is 12.1 Å². The molecule has 0 spiro atoms. The van der Waals surface area contributed by atoms with Crippen LogP contribution in [0.4, 0.5) is 0 Å². The Morgan fingerprint density at radius 3 is 3.00 bits per heavy atom. The molecule has 2 heterocycles. The van der Waals surface area contributed by atoms with E-state index in [-0.39, 0.29) is 24.0 Å². The van der Waals surface area contributed by atoms with Crippen LogP contribution in [-0.4, -0.2) is 55.7 Å². The van der Waals surface area contributed by atoms with E-state index in [1.54, 1.807) is 0 Å². The number of aliphatic imine (C=N–C) groups is 1. The number of ether oxygens (including phenoxy) is 1. The third kappa shape index (κ3) is 5.13. The molecular weight excluding hydrogens is 439 g/mol. The number of rotatable bonds is 6. The smallest absolute Gasteiger partial charge is 0.193 e. The molecule has 0 aliphatic carbocycles. The Kier molecular flexibility index (Phi) is 8.21. The Balaban J connectivity index is 0.00000243. The Bertz CT molecular complexity index is 722. The van der Waals surface area contributed by atoms with Gasteiger partial charge in [0.25, 0.3) is 0 Å². The molecule has 0 radical (unpaired) electrons. The van der Waals surface area contributed by atoms with Crippen molar-refractivity contribution in [3.05, 3.63) is 35.5 Å². The lowest BCUT2D eigenvalue weighted by Gasteiger charge is -2.24. The lowest BCUT2D eigenvalue weighted by molar-refractivity contribution is 0.181. The molecule has 1 unspecified atom stereocenters. The van der Waals surface area contributed by atoms with E-state index in [0.717, 1.165) is 51.6 Å². The van der Waals surface area contributed by atoms with Crippen molar-refractivity contribution in [1.82, 2.24) is 15.2 Å². The lowest BCUT2D eigenvalue weighted by atomic mass is 10.1. The van der Waals surface area contributed by atoms with E-state index in [0.29, 0.717) is 5.92 Å². The van der Waals surface area contributed by atoms with Gasteiger partial charge in [-0.25, -0.2) is 0 Å². The van der Waals surface area contributed by atoms with E-state index in [1.165, 1.54) is 22.0 Å². The van der Waals surface area contributed by atoms with Crippen LogP contribution in [0.15, 0.2) is 29.4 Å². The van der Waals surface area contributed by atoms with Crippen molar-refractivity contribution in [1.29, 1.82) is 0 Å². The first-order valence-corrected chi connectivity index (χ1v) is 9.31. The normalized spacial score (nSPS) is 17.3. The maximum Gasteiger partial charge on any atom is 0.193 e. The van der Waals surface area contributed by atoms with Gasteiger partial charge in [0.05, 0.1) is 6.61 Å². The number of H-pyrrole nitrogens is 1. The number of fused-ring (bicyclic) bond motifs is 1. The minimum absolute atomic E-state index is 0. The molecule has 5 nitrogen and oxygen atoms in total. The summed E-state index contributed by atoms with van der Waals surface area (Å²) < 4.78 is 5.49. The number of aromatic nitrogens is 1. The second kappa shape index (κ2) is 10.2. The number of benzene rings is 1. The molecule has 1 aliphatic heterocycles. The summed E-state index contributed by atoms with van der Waals surface area (Å²) in [5.41, 5.74) is 3.88. The van der Waals surface area contributed by atoms with E-state index < -0.39 is 0 Å². The Morgan fingerprint density at radius 1 is 1.42 bits per heavy atom. The van der Waals surface area contributed by atoms with Gasteiger partial charge in [-0.3, -0.25) is 4.99 Å². The zero-order valence-electron chi connectivity index (χ0n) is 16.0.